The molecule has 1 aliphatic carbocycles. The first-order valence-electron chi connectivity index (χ1n) is 5.43. The molecule has 0 bridgehead atoms. The van der Waals surface area contributed by atoms with Crippen molar-refractivity contribution in [1.29, 1.82) is 0 Å². The second-order valence-electron chi connectivity index (χ2n) is 3.93. The lowest BCUT2D eigenvalue weighted by atomic mass is 10.1. The first-order chi connectivity index (χ1) is 8.15. The normalized spacial score (nSPS) is 14.5. The molecular formula is C12H14BrNO3. The van der Waals surface area contributed by atoms with Crippen LogP contribution in [-0.4, -0.2) is 25.5 Å². The number of Topliss-reactive ketones (excluding diaryl/α,β-unsaturated/α-hetero) is 1. The summed E-state index contributed by atoms with van der Waals surface area (Å²) in [6, 6.07) is 3.38. The number of hydrogen-bond acceptors (Lipinski definition) is 4. The van der Waals surface area contributed by atoms with Gasteiger partial charge in [0.05, 0.1) is 24.2 Å². The molecular weight excluding hydrogens is 286 g/mol. The van der Waals surface area contributed by atoms with Gasteiger partial charge >= 0.3 is 0 Å². The minimum absolute atomic E-state index is 0.0155. The summed E-state index contributed by atoms with van der Waals surface area (Å²) in [6.07, 6.45) is 2.41. The van der Waals surface area contributed by atoms with E-state index in [1.165, 1.54) is 0 Å². The van der Waals surface area contributed by atoms with Crippen molar-refractivity contribution in [2.45, 2.75) is 18.9 Å². The topological polar surface area (TPSA) is 61.5 Å². The Morgan fingerprint density at radius 1 is 1.53 bits per heavy atom. The Hall–Kier alpha value is -1.07. The number of ether oxygens (including phenoxy) is 2. The van der Waals surface area contributed by atoms with Crippen LogP contribution in [0.3, 0.4) is 0 Å². The van der Waals surface area contributed by atoms with Crippen molar-refractivity contribution in [2.24, 2.45) is 5.73 Å². The monoisotopic (exact) mass is 299 g/mol. The number of carbonyl (C=O) groups excluding carboxylic acids is 1. The maximum absolute atomic E-state index is 11.5. The minimum Gasteiger partial charge on any atom is -0.493 e. The van der Waals surface area contributed by atoms with Gasteiger partial charge in [0, 0.05) is 5.56 Å². The molecule has 0 heterocycles. The fraction of sp³-hybridized carbons (Fsp3) is 0.417. The van der Waals surface area contributed by atoms with E-state index in [1.807, 2.05) is 0 Å². The van der Waals surface area contributed by atoms with E-state index >= 15 is 0 Å². The fourth-order valence-electron chi connectivity index (χ4n) is 1.47. The SMILES string of the molecule is COc1cc(C(=O)CN)cc(Br)c1OC1CC1. The molecule has 1 saturated carbocycles. The fourth-order valence-corrected chi connectivity index (χ4v) is 2.00. The van der Waals surface area contributed by atoms with Gasteiger partial charge < -0.3 is 15.2 Å². The predicted molar refractivity (Wildman–Crippen MR) is 67.7 cm³/mol. The van der Waals surface area contributed by atoms with Gasteiger partial charge in [0.1, 0.15) is 0 Å². The van der Waals surface area contributed by atoms with E-state index in [0.29, 0.717) is 17.1 Å². The quantitative estimate of drug-likeness (QED) is 0.846. The first-order valence-corrected chi connectivity index (χ1v) is 6.22. The zero-order valence-corrected chi connectivity index (χ0v) is 11.1. The molecule has 0 atom stereocenters. The number of benzene rings is 1. The van der Waals surface area contributed by atoms with Gasteiger partial charge in [-0.1, -0.05) is 0 Å². The highest BCUT2D eigenvalue weighted by Crippen LogP contribution is 2.40. The lowest BCUT2D eigenvalue weighted by Crippen LogP contribution is -2.14. The van der Waals surface area contributed by atoms with Crippen molar-refractivity contribution in [2.75, 3.05) is 13.7 Å². The van der Waals surface area contributed by atoms with Gasteiger partial charge in [-0.2, -0.15) is 0 Å². The van der Waals surface area contributed by atoms with Crippen LogP contribution in [-0.2, 0) is 0 Å². The van der Waals surface area contributed by atoms with Crippen molar-refractivity contribution in [3.05, 3.63) is 22.2 Å². The summed E-state index contributed by atoms with van der Waals surface area (Å²) in [6.45, 7) is -0.0155. The standard InChI is InChI=1S/C12H14BrNO3/c1-16-11-5-7(10(15)6-14)4-9(13)12(11)17-8-2-3-8/h4-5,8H,2-3,6,14H2,1H3. The van der Waals surface area contributed by atoms with E-state index in [-0.39, 0.29) is 18.4 Å². The van der Waals surface area contributed by atoms with E-state index in [9.17, 15) is 4.79 Å². The highest BCUT2D eigenvalue weighted by atomic mass is 79.9. The van der Waals surface area contributed by atoms with Gasteiger partial charge in [0.25, 0.3) is 0 Å². The number of carbonyl (C=O) groups is 1. The van der Waals surface area contributed by atoms with Gasteiger partial charge in [-0.3, -0.25) is 4.79 Å². The molecule has 0 spiro atoms. The van der Waals surface area contributed by atoms with Crippen LogP contribution in [0.25, 0.3) is 0 Å². The summed E-state index contributed by atoms with van der Waals surface area (Å²) in [7, 11) is 1.55. The second kappa shape index (κ2) is 5.06. The molecule has 5 heteroatoms. The summed E-state index contributed by atoms with van der Waals surface area (Å²) in [5.41, 5.74) is 5.86. The molecule has 2 rings (SSSR count). The summed E-state index contributed by atoms with van der Waals surface area (Å²) in [5.74, 6) is 1.09. The molecule has 17 heavy (non-hydrogen) atoms. The number of hydrogen-bond donors (Lipinski definition) is 1. The van der Waals surface area contributed by atoms with Crippen LogP contribution in [0.15, 0.2) is 16.6 Å². The molecule has 1 fully saturated rings. The molecule has 1 aromatic rings. The molecule has 2 N–H and O–H groups in total. The molecule has 0 aliphatic heterocycles. The lowest BCUT2D eigenvalue weighted by Gasteiger charge is -2.13. The molecule has 0 saturated heterocycles. The highest BCUT2D eigenvalue weighted by molar-refractivity contribution is 9.10. The third kappa shape index (κ3) is 2.79. The van der Waals surface area contributed by atoms with E-state index in [0.717, 1.165) is 17.3 Å². The molecule has 1 aliphatic rings. The van der Waals surface area contributed by atoms with Crippen molar-refractivity contribution in [3.8, 4) is 11.5 Å². The van der Waals surface area contributed by atoms with Crippen molar-refractivity contribution in [3.63, 3.8) is 0 Å². The first kappa shape index (κ1) is 12.4. The Morgan fingerprint density at radius 2 is 2.24 bits per heavy atom. The Bertz CT molecular complexity index is 444. The average molecular weight is 300 g/mol. The van der Waals surface area contributed by atoms with Gasteiger partial charge in [-0.25, -0.2) is 0 Å². The van der Waals surface area contributed by atoms with Crippen LogP contribution in [0, 0.1) is 0 Å². The zero-order valence-electron chi connectivity index (χ0n) is 9.53. The van der Waals surface area contributed by atoms with E-state index in [1.54, 1.807) is 19.2 Å². The van der Waals surface area contributed by atoms with Crippen molar-refractivity contribution >= 4 is 21.7 Å². The lowest BCUT2D eigenvalue weighted by molar-refractivity contribution is 0.100. The average Bonchev–Trinajstić information content (AvgIpc) is 3.14. The number of ketones is 1. The largest absolute Gasteiger partial charge is 0.493 e. The van der Waals surface area contributed by atoms with Crippen molar-refractivity contribution < 1.29 is 14.3 Å². The Kier molecular flexibility index (Phi) is 3.69. The molecule has 4 nitrogen and oxygen atoms in total. The number of methoxy groups -OCH3 is 1. The summed E-state index contributed by atoms with van der Waals surface area (Å²) < 4.78 is 11.7. The van der Waals surface area contributed by atoms with E-state index in [4.69, 9.17) is 15.2 Å². The highest BCUT2D eigenvalue weighted by Gasteiger charge is 2.26. The van der Waals surface area contributed by atoms with Crippen LogP contribution >= 0.6 is 15.9 Å². The van der Waals surface area contributed by atoms with Crippen LogP contribution < -0.4 is 15.2 Å². The molecule has 0 unspecified atom stereocenters. The number of nitrogens with two attached hydrogens (primary N) is 1. The van der Waals surface area contributed by atoms with Crippen LogP contribution in [0.1, 0.15) is 23.2 Å². The Morgan fingerprint density at radius 3 is 2.76 bits per heavy atom. The van der Waals surface area contributed by atoms with Gasteiger partial charge in [0.2, 0.25) is 0 Å². The molecule has 0 aromatic heterocycles. The van der Waals surface area contributed by atoms with Gasteiger partial charge in [-0.05, 0) is 40.9 Å². The van der Waals surface area contributed by atoms with Crippen LogP contribution in [0.5, 0.6) is 11.5 Å². The summed E-state index contributed by atoms with van der Waals surface area (Å²) in [4.78, 5) is 11.5. The summed E-state index contributed by atoms with van der Waals surface area (Å²) >= 11 is 3.39. The van der Waals surface area contributed by atoms with Gasteiger partial charge in [0.15, 0.2) is 17.3 Å². The maximum atomic E-state index is 11.5. The third-order valence-electron chi connectivity index (χ3n) is 2.55. The van der Waals surface area contributed by atoms with E-state index < -0.39 is 0 Å². The second-order valence-corrected chi connectivity index (χ2v) is 4.79. The molecule has 92 valence electrons. The molecule has 1 aromatic carbocycles. The predicted octanol–water partition coefficient (Wildman–Crippen LogP) is 2.14. The number of halogens is 1. The smallest absolute Gasteiger partial charge is 0.176 e. The van der Waals surface area contributed by atoms with E-state index in [2.05, 4.69) is 15.9 Å². The van der Waals surface area contributed by atoms with Gasteiger partial charge in [-0.15, -0.1) is 0 Å². The molecule has 0 radical (unpaired) electrons. The number of rotatable bonds is 5. The Labute approximate surface area is 108 Å². The summed E-state index contributed by atoms with van der Waals surface area (Å²) in [5, 5.41) is 0. The molecule has 0 amide bonds. The minimum atomic E-state index is -0.123. The maximum Gasteiger partial charge on any atom is 0.176 e. The Balaban J connectivity index is 2.35. The zero-order chi connectivity index (χ0) is 12.4. The van der Waals surface area contributed by atoms with Crippen LogP contribution in [0.4, 0.5) is 0 Å². The van der Waals surface area contributed by atoms with Crippen molar-refractivity contribution in [1.82, 2.24) is 0 Å². The van der Waals surface area contributed by atoms with Crippen LogP contribution in [0.2, 0.25) is 0 Å². The third-order valence-corrected chi connectivity index (χ3v) is 3.13.